The summed E-state index contributed by atoms with van der Waals surface area (Å²) in [5.74, 6) is -0.0209. The van der Waals surface area contributed by atoms with E-state index in [9.17, 15) is 4.79 Å². The molecule has 1 aromatic heterocycles. The second-order valence-corrected chi connectivity index (χ2v) is 7.04. The Morgan fingerprint density at radius 1 is 1.33 bits per heavy atom. The lowest BCUT2D eigenvalue weighted by Crippen LogP contribution is -2.57. The Morgan fingerprint density at radius 3 is 2.43 bits per heavy atom. The molecule has 0 bridgehead atoms. The second kappa shape index (κ2) is 6.47. The van der Waals surface area contributed by atoms with Crippen LogP contribution in [0.3, 0.4) is 0 Å². The van der Waals surface area contributed by atoms with Crippen LogP contribution in [0.2, 0.25) is 0 Å². The number of nitrogens with one attached hydrogen (secondary N) is 1. The molecule has 0 radical (unpaired) electrons. The van der Waals surface area contributed by atoms with Crippen molar-refractivity contribution in [3.05, 3.63) is 21.4 Å². The highest BCUT2D eigenvalue weighted by molar-refractivity contribution is 7.14. The zero-order valence-corrected chi connectivity index (χ0v) is 13.4. The Bertz CT molecular complexity index is 524. The molecule has 116 valence electrons. The monoisotopic (exact) mass is 309 g/mol. The average Bonchev–Trinajstić information content (AvgIpc) is 2.68. The van der Waals surface area contributed by atoms with E-state index in [1.165, 1.54) is 11.3 Å². The minimum absolute atomic E-state index is 0.114. The summed E-state index contributed by atoms with van der Waals surface area (Å²) >= 11 is 1.48. The maximum Gasteiger partial charge on any atom is 0.262 e. The molecule has 0 atom stereocenters. The van der Waals surface area contributed by atoms with Crippen molar-refractivity contribution in [2.24, 2.45) is 10.9 Å². The maximum absolute atomic E-state index is 12.5. The summed E-state index contributed by atoms with van der Waals surface area (Å²) in [5, 5.41) is 15.3. The largest absolute Gasteiger partial charge is 0.409 e. The SMILES string of the molecule is Cc1cc(C(=O)NC2(C(N)=NO)CCCCCC2)sc1C. The van der Waals surface area contributed by atoms with E-state index < -0.39 is 5.54 Å². The molecule has 0 aliphatic heterocycles. The van der Waals surface area contributed by atoms with Crippen molar-refractivity contribution in [1.82, 2.24) is 5.32 Å². The zero-order valence-electron chi connectivity index (χ0n) is 12.6. The van der Waals surface area contributed by atoms with Gasteiger partial charge in [-0.05, 0) is 38.3 Å². The van der Waals surface area contributed by atoms with Gasteiger partial charge in [0.25, 0.3) is 5.91 Å². The number of thiophene rings is 1. The standard InChI is InChI=1S/C15H23N3O2S/c1-10-9-12(21-11(10)2)13(19)17-15(14(16)18-20)7-5-3-4-6-8-15/h9,20H,3-8H2,1-2H3,(H2,16,18)(H,17,19). The van der Waals surface area contributed by atoms with Crippen LogP contribution in [0, 0.1) is 13.8 Å². The molecule has 1 heterocycles. The van der Waals surface area contributed by atoms with Crippen molar-refractivity contribution < 1.29 is 10.0 Å². The summed E-state index contributed by atoms with van der Waals surface area (Å²) in [5.41, 5.74) is 6.30. The molecule has 0 unspecified atom stereocenters. The van der Waals surface area contributed by atoms with Crippen LogP contribution in [0.1, 0.15) is 58.6 Å². The van der Waals surface area contributed by atoms with E-state index in [4.69, 9.17) is 10.9 Å². The van der Waals surface area contributed by atoms with Gasteiger partial charge in [0.1, 0.15) is 5.54 Å². The molecule has 5 nitrogen and oxygen atoms in total. The summed E-state index contributed by atoms with van der Waals surface area (Å²) in [4.78, 5) is 14.3. The molecule has 1 saturated carbocycles. The molecule has 1 aliphatic rings. The number of hydrogen-bond donors (Lipinski definition) is 3. The highest BCUT2D eigenvalue weighted by Crippen LogP contribution is 2.29. The summed E-state index contributed by atoms with van der Waals surface area (Å²) in [7, 11) is 0. The van der Waals surface area contributed by atoms with Crippen molar-refractivity contribution in [1.29, 1.82) is 0 Å². The summed E-state index contributed by atoms with van der Waals surface area (Å²) < 4.78 is 0. The number of carbonyl (C=O) groups is 1. The van der Waals surface area contributed by atoms with Gasteiger partial charge in [0.15, 0.2) is 5.84 Å². The molecule has 21 heavy (non-hydrogen) atoms. The van der Waals surface area contributed by atoms with Crippen LogP contribution in [-0.4, -0.2) is 22.5 Å². The molecule has 6 heteroatoms. The van der Waals surface area contributed by atoms with Gasteiger partial charge in [-0.2, -0.15) is 0 Å². The predicted molar refractivity (Wildman–Crippen MR) is 85.1 cm³/mol. The highest BCUT2D eigenvalue weighted by Gasteiger charge is 2.37. The molecule has 1 aliphatic carbocycles. The smallest absolute Gasteiger partial charge is 0.262 e. The van der Waals surface area contributed by atoms with E-state index in [1.54, 1.807) is 0 Å². The summed E-state index contributed by atoms with van der Waals surface area (Å²) in [6, 6.07) is 1.89. The Kier molecular flexibility index (Phi) is 4.88. The minimum atomic E-state index is -0.714. The quantitative estimate of drug-likeness (QED) is 0.264. The van der Waals surface area contributed by atoms with Crippen LogP contribution in [0.25, 0.3) is 0 Å². The van der Waals surface area contributed by atoms with E-state index in [0.29, 0.717) is 4.88 Å². The first-order valence-corrected chi connectivity index (χ1v) is 8.18. The third-order valence-electron chi connectivity index (χ3n) is 4.30. The van der Waals surface area contributed by atoms with Crippen LogP contribution in [0.4, 0.5) is 0 Å². The molecular weight excluding hydrogens is 286 g/mol. The fourth-order valence-electron chi connectivity index (χ4n) is 2.84. The predicted octanol–water partition coefficient (Wildman–Crippen LogP) is 2.93. The number of carbonyl (C=O) groups excluding carboxylic acids is 1. The van der Waals surface area contributed by atoms with Gasteiger partial charge in [-0.15, -0.1) is 11.3 Å². The van der Waals surface area contributed by atoms with Crippen molar-refractivity contribution in [3.8, 4) is 0 Å². The molecule has 4 N–H and O–H groups in total. The lowest BCUT2D eigenvalue weighted by atomic mass is 9.88. The van der Waals surface area contributed by atoms with Gasteiger partial charge < -0.3 is 16.3 Å². The van der Waals surface area contributed by atoms with Crippen molar-refractivity contribution in [2.45, 2.75) is 57.9 Å². The number of aryl methyl sites for hydroxylation is 2. The first-order valence-electron chi connectivity index (χ1n) is 7.36. The van der Waals surface area contributed by atoms with Gasteiger partial charge in [0.2, 0.25) is 0 Å². The van der Waals surface area contributed by atoms with Gasteiger partial charge in [0.05, 0.1) is 4.88 Å². The molecule has 2 rings (SSSR count). The lowest BCUT2D eigenvalue weighted by molar-refractivity contribution is 0.0919. The summed E-state index contributed by atoms with van der Waals surface area (Å²) in [6.45, 7) is 4.00. The third kappa shape index (κ3) is 3.37. The number of nitrogens with zero attached hydrogens (tertiary/aromatic N) is 1. The number of hydrogen-bond acceptors (Lipinski definition) is 4. The van der Waals surface area contributed by atoms with E-state index in [0.717, 1.165) is 49.0 Å². The molecule has 1 amide bonds. The van der Waals surface area contributed by atoms with Crippen molar-refractivity contribution in [3.63, 3.8) is 0 Å². The van der Waals surface area contributed by atoms with Gasteiger partial charge in [0, 0.05) is 4.88 Å². The van der Waals surface area contributed by atoms with E-state index in [2.05, 4.69) is 10.5 Å². The Morgan fingerprint density at radius 2 is 1.95 bits per heavy atom. The van der Waals surface area contributed by atoms with Crippen molar-refractivity contribution in [2.75, 3.05) is 0 Å². The second-order valence-electron chi connectivity index (χ2n) is 5.79. The van der Waals surface area contributed by atoms with Crippen LogP contribution in [-0.2, 0) is 0 Å². The Labute approximate surface area is 129 Å². The van der Waals surface area contributed by atoms with Gasteiger partial charge >= 0.3 is 0 Å². The van der Waals surface area contributed by atoms with Crippen LogP contribution in [0.5, 0.6) is 0 Å². The van der Waals surface area contributed by atoms with Gasteiger partial charge in [-0.3, -0.25) is 4.79 Å². The van der Waals surface area contributed by atoms with Gasteiger partial charge in [-0.25, -0.2) is 0 Å². The zero-order chi connectivity index (χ0) is 15.5. The fraction of sp³-hybridized carbons (Fsp3) is 0.600. The number of amides is 1. The highest BCUT2D eigenvalue weighted by atomic mass is 32.1. The normalized spacial score (nSPS) is 19.0. The van der Waals surface area contributed by atoms with Crippen LogP contribution >= 0.6 is 11.3 Å². The Hall–Kier alpha value is -1.56. The molecule has 1 fully saturated rings. The molecule has 0 saturated heterocycles. The first-order chi connectivity index (χ1) is 9.98. The molecular formula is C15H23N3O2S. The molecule has 1 aromatic rings. The van der Waals surface area contributed by atoms with Crippen LogP contribution in [0.15, 0.2) is 11.2 Å². The molecule has 0 spiro atoms. The van der Waals surface area contributed by atoms with E-state index >= 15 is 0 Å². The average molecular weight is 309 g/mol. The van der Waals surface area contributed by atoms with E-state index in [1.807, 2.05) is 19.9 Å². The number of oxime groups is 1. The third-order valence-corrected chi connectivity index (χ3v) is 5.45. The first kappa shape index (κ1) is 15.8. The van der Waals surface area contributed by atoms with Crippen molar-refractivity contribution >= 4 is 23.1 Å². The maximum atomic E-state index is 12.5. The summed E-state index contributed by atoms with van der Waals surface area (Å²) in [6.07, 6.45) is 5.62. The molecule has 0 aromatic carbocycles. The Balaban J connectivity index is 2.24. The van der Waals surface area contributed by atoms with Gasteiger partial charge in [-0.1, -0.05) is 30.8 Å². The number of rotatable bonds is 3. The van der Waals surface area contributed by atoms with E-state index in [-0.39, 0.29) is 11.7 Å². The topological polar surface area (TPSA) is 87.7 Å². The van der Waals surface area contributed by atoms with Crippen LogP contribution < -0.4 is 11.1 Å². The number of amidine groups is 1. The fourth-order valence-corrected chi connectivity index (χ4v) is 3.77. The minimum Gasteiger partial charge on any atom is -0.409 e. The lowest BCUT2D eigenvalue weighted by Gasteiger charge is -2.32. The number of nitrogens with two attached hydrogens (primary N) is 1.